The highest BCUT2D eigenvalue weighted by atomic mass is 79.9. The molecule has 1 atom stereocenters. The van der Waals surface area contributed by atoms with Crippen molar-refractivity contribution in [2.75, 3.05) is 39.5 Å². The van der Waals surface area contributed by atoms with E-state index in [-0.39, 0.29) is 5.92 Å². The van der Waals surface area contributed by atoms with E-state index in [0.29, 0.717) is 19.6 Å². The molecule has 0 aromatic carbocycles. The van der Waals surface area contributed by atoms with E-state index in [0.717, 1.165) is 29.9 Å². The van der Waals surface area contributed by atoms with E-state index in [1.54, 1.807) is 4.31 Å². The van der Waals surface area contributed by atoms with Gasteiger partial charge in [0.05, 0.1) is 12.8 Å². The van der Waals surface area contributed by atoms with Gasteiger partial charge in [0.15, 0.2) is 5.96 Å². The first-order valence-electron chi connectivity index (χ1n) is 8.46. The van der Waals surface area contributed by atoms with Crippen LogP contribution >= 0.6 is 15.9 Å². The summed E-state index contributed by atoms with van der Waals surface area (Å²) in [5, 5.41) is 3.32. The van der Waals surface area contributed by atoms with Crippen molar-refractivity contribution in [1.29, 1.82) is 0 Å². The largest absolute Gasteiger partial charge is 0.357 e. The molecule has 2 heterocycles. The zero-order valence-corrected chi connectivity index (χ0v) is 17.8. The van der Waals surface area contributed by atoms with Gasteiger partial charge in [0.25, 0.3) is 0 Å². The molecule has 1 saturated heterocycles. The molecule has 0 radical (unpaired) electrons. The second-order valence-electron chi connectivity index (χ2n) is 6.59. The van der Waals surface area contributed by atoms with Crippen molar-refractivity contribution in [3.05, 3.63) is 22.4 Å². The van der Waals surface area contributed by atoms with Crippen molar-refractivity contribution in [2.45, 2.75) is 19.9 Å². The molecular weight excluding hydrogens is 406 g/mol. The van der Waals surface area contributed by atoms with E-state index in [4.69, 9.17) is 4.99 Å². The summed E-state index contributed by atoms with van der Waals surface area (Å²) in [5.41, 5.74) is 1.18. The highest BCUT2D eigenvalue weighted by molar-refractivity contribution is 9.10. The molecule has 0 amide bonds. The smallest absolute Gasteiger partial charge is 0.211 e. The molecule has 0 bridgehead atoms. The SMILES string of the molecule is CCNC(=NCC1CCN(S(C)(=O)=O)C1)N(C)Cc1cc(Br)cn1C. The molecule has 9 heteroatoms. The van der Waals surface area contributed by atoms with Crippen LogP contribution in [0.5, 0.6) is 0 Å². The molecule has 7 nitrogen and oxygen atoms in total. The first kappa shape index (κ1) is 20.3. The fourth-order valence-corrected chi connectivity index (χ4v) is 4.46. The lowest BCUT2D eigenvalue weighted by atomic mass is 10.1. The Kier molecular flexibility index (Phi) is 6.93. The van der Waals surface area contributed by atoms with E-state index in [1.807, 2.05) is 27.2 Å². The summed E-state index contributed by atoms with van der Waals surface area (Å²) in [7, 11) is 0.946. The second kappa shape index (κ2) is 8.55. The number of hydrogen-bond acceptors (Lipinski definition) is 3. The Morgan fingerprint density at radius 3 is 2.76 bits per heavy atom. The van der Waals surface area contributed by atoms with E-state index in [2.05, 4.69) is 36.8 Å². The number of rotatable bonds is 6. The van der Waals surface area contributed by atoms with Crippen LogP contribution in [0.3, 0.4) is 0 Å². The minimum Gasteiger partial charge on any atom is -0.357 e. The zero-order valence-electron chi connectivity index (χ0n) is 15.4. The molecule has 2 rings (SSSR count). The normalized spacial score (nSPS) is 19.4. The Labute approximate surface area is 159 Å². The maximum absolute atomic E-state index is 11.6. The molecule has 1 unspecified atom stereocenters. The monoisotopic (exact) mass is 433 g/mol. The van der Waals surface area contributed by atoms with Crippen LogP contribution in [0.25, 0.3) is 0 Å². The summed E-state index contributed by atoms with van der Waals surface area (Å²) in [5.74, 6) is 1.12. The van der Waals surface area contributed by atoms with Crippen LogP contribution in [-0.4, -0.2) is 67.6 Å². The van der Waals surface area contributed by atoms with Gasteiger partial charge in [-0.1, -0.05) is 0 Å². The molecule has 0 aliphatic carbocycles. The van der Waals surface area contributed by atoms with Crippen LogP contribution in [0.4, 0.5) is 0 Å². The lowest BCUT2D eigenvalue weighted by Crippen LogP contribution is -2.39. The van der Waals surface area contributed by atoms with Gasteiger partial charge in [-0.2, -0.15) is 0 Å². The number of nitrogens with zero attached hydrogens (tertiary/aromatic N) is 4. The van der Waals surface area contributed by atoms with Gasteiger partial charge in [0.2, 0.25) is 10.0 Å². The molecule has 1 aromatic rings. The van der Waals surface area contributed by atoms with Crippen molar-refractivity contribution < 1.29 is 8.42 Å². The number of halogens is 1. The van der Waals surface area contributed by atoms with Crippen molar-refractivity contribution in [3.63, 3.8) is 0 Å². The van der Waals surface area contributed by atoms with E-state index in [9.17, 15) is 8.42 Å². The average Bonchev–Trinajstić information content (AvgIpc) is 3.10. The third kappa shape index (κ3) is 5.72. The van der Waals surface area contributed by atoms with Gasteiger partial charge in [-0.15, -0.1) is 0 Å². The number of sulfonamides is 1. The highest BCUT2D eigenvalue weighted by Gasteiger charge is 2.28. The molecule has 1 aliphatic rings. The van der Waals surface area contributed by atoms with Gasteiger partial charge in [-0.05, 0) is 41.3 Å². The van der Waals surface area contributed by atoms with Crippen molar-refractivity contribution in [1.82, 2.24) is 19.1 Å². The average molecular weight is 434 g/mol. The molecule has 1 aliphatic heterocycles. The fraction of sp³-hybridized carbons (Fsp3) is 0.688. The zero-order chi connectivity index (χ0) is 18.6. The summed E-state index contributed by atoms with van der Waals surface area (Å²) in [6.45, 7) is 5.38. The first-order chi connectivity index (χ1) is 11.7. The fourth-order valence-electron chi connectivity index (χ4n) is 2.97. The molecule has 142 valence electrons. The van der Waals surface area contributed by atoms with Gasteiger partial charge in [0.1, 0.15) is 0 Å². The minimum absolute atomic E-state index is 0.279. The van der Waals surface area contributed by atoms with Crippen molar-refractivity contribution in [3.8, 4) is 0 Å². The highest BCUT2D eigenvalue weighted by Crippen LogP contribution is 2.19. The molecule has 0 spiro atoms. The number of aliphatic imine (C=N–C) groups is 1. The third-order valence-corrected chi connectivity index (χ3v) is 6.09. The lowest BCUT2D eigenvalue weighted by Gasteiger charge is -2.23. The van der Waals surface area contributed by atoms with Crippen LogP contribution < -0.4 is 5.32 Å². The summed E-state index contributed by atoms with van der Waals surface area (Å²) < 4.78 is 28.0. The number of hydrogen-bond donors (Lipinski definition) is 1. The molecular formula is C16H28BrN5O2S. The summed E-state index contributed by atoms with van der Waals surface area (Å²) in [4.78, 5) is 6.83. The van der Waals surface area contributed by atoms with Crippen LogP contribution in [0.1, 0.15) is 19.0 Å². The number of guanidine groups is 1. The Hall–Kier alpha value is -1.06. The second-order valence-corrected chi connectivity index (χ2v) is 9.49. The van der Waals surface area contributed by atoms with E-state index in [1.165, 1.54) is 11.9 Å². The van der Waals surface area contributed by atoms with Gasteiger partial charge in [-0.3, -0.25) is 4.99 Å². The Balaban J connectivity index is 1.99. The number of nitrogens with one attached hydrogen (secondary N) is 1. The molecule has 1 N–H and O–H groups in total. The van der Waals surface area contributed by atoms with Crippen LogP contribution in [0, 0.1) is 5.92 Å². The Bertz CT molecular complexity index is 716. The third-order valence-electron chi connectivity index (χ3n) is 4.39. The van der Waals surface area contributed by atoms with Gasteiger partial charge < -0.3 is 14.8 Å². The predicted octanol–water partition coefficient (Wildman–Crippen LogP) is 1.47. The van der Waals surface area contributed by atoms with E-state index >= 15 is 0 Å². The predicted molar refractivity (Wildman–Crippen MR) is 105 cm³/mol. The van der Waals surface area contributed by atoms with Crippen LogP contribution in [0.15, 0.2) is 21.7 Å². The summed E-state index contributed by atoms with van der Waals surface area (Å²) >= 11 is 3.50. The van der Waals surface area contributed by atoms with Crippen molar-refractivity contribution in [2.24, 2.45) is 18.0 Å². The Morgan fingerprint density at radius 2 is 2.24 bits per heavy atom. The summed E-state index contributed by atoms with van der Waals surface area (Å²) in [6.07, 6.45) is 4.17. The lowest BCUT2D eigenvalue weighted by molar-refractivity contribution is 0.450. The maximum Gasteiger partial charge on any atom is 0.211 e. The minimum atomic E-state index is -3.09. The first-order valence-corrected chi connectivity index (χ1v) is 11.1. The molecule has 1 aromatic heterocycles. The van der Waals surface area contributed by atoms with Crippen LogP contribution in [0.2, 0.25) is 0 Å². The molecule has 0 saturated carbocycles. The van der Waals surface area contributed by atoms with Crippen molar-refractivity contribution >= 4 is 31.9 Å². The molecule has 1 fully saturated rings. The van der Waals surface area contributed by atoms with Crippen LogP contribution in [-0.2, 0) is 23.6 Å². The number of aryl methyl sites for hydroxylation is 1. The number of aromatic nitrogens is 1. The van der Waals surface area contributed by atoms with Gasteiger partial charge >= 0.3 is 0 Å². The quantitative estimate of drug-likeness (QED) is 0.544. The van der Waals surface area contributed by atoms with Gasteiger partial charge in [0, 0.05) is 56.6 Å². The topological polar surface area (TPSA) is 69.9 Å². The van der Waals surface area contributed by atoms with Gasteiger partial charge in [-0.25, -0.2) is 12.7 Å². The standard InChI is InChI=1S/C16H28BrN5O2S/c1-5-18-16(21(3)12-15-8-14(17)11-20(15)2)19-9-13-6-7-22(10-13)25(4,23)24/h8,11,13H,5-7,9-10,12H2,1-4H3,(H,18,19). The van der Waals surface area contributed by atoms with E-state index < -0.39 is 10.0 Å². The Morgan fingerprint density at radius 1 is 1.52 bits per heavy atom. The summed E-state index contributed by atoms with van der Waals surface area (Å²) in [6, 6.07) is 2.10. The maximum atomic E-state index is 11.6. The molecule has 25 heavy (non-hydrogen) atoms.